The van der Waals surface area contributed by atoms with E-state index >= 15 is 0 Å². The fourth-order valence-corrected chi connectivity index (χ4v) is 4.27. The van der Waals surface area contributed by atoms with Gasteiger partial charge in [0.15, 0.2) is 0 Å². The van der Waals surface area contributed by atoms with E-state index in [1.165, 1.54) is 64.3 Å². The number of allylic oxidation sites excluding steroid dienone is 1. The van der Waals surface area contributed by atoms with Gasteiger partial charge in [0.2, 0.25) is 0 Å². The smallest absolute Gasteiger partial charge is 0.0315 e. The zero-order valence-corrected chi connectivity index (χ0v) is 10.4. The van der Waals surface area contributed by atoms with Gasteiger partial charge >= 0.3 is 0 Å². The van der Waals surface area contributed by atoms with Crippen molar-refractivity contribution in [2.24, 2.45) is 11.8 Å². The number of nitrogens with zero attached hydrogens (tertiary/aromatic N) is 1. The third kappa shape index (κ3) is 2.01. The maximum Gasteiger partial charge on any atom is 0.0315 e. The first kappa shape index (κ1) is 10.7. The molecule has 1 nitrogen and oxygen atoms in total. The van der Waals surface area contributed by atoms with Crippen LogP contribution in [-0.2, 0) is 0 Å². The molecule has 0 saturated heterocycles. The van der Waals surface area contributed by atoms with Gasteiger partial charge in [-0.05, 0) is 43.7 Å². The lowest BCUT2D eigenvalue weighted by atomic mass is 9.68. The minimum absolute atomic E-state index is 0.899. The van der Waals surface area contributed by atoms with Crippen LogP contribution in [0.5, 0.6) is 0 Å². The molecule has 1 aliphatic heterocycles. The maximum absolute atomic E-state index is 2.69. The average Bonchev–Trinajstić information content (AvgIpc) is 2.39. The highest BCUT2D eigenvalue weighted by atomic mass is 15.1. The van der Waals surface area contributed by atoms with Crippen molar-refractivity contribution in [3.8, 4) is 0 Å². The third-order valence-electron chi connectivity index (χ3n) is 5.05. The third-order valence-corrected chi connectivity index (χ3v) is 5.05. The van der Waals surface area contributed by atoms with Gasteiger partial charge in [-0.2, -0.15) is 0 Å². The molecule has 0 aromatic heterocycles. The summed E-state index contributed by atoms with van der Waals surface area (Å²) in [5.41, 5.74) is 0. The second-order valence-corrected chi connectivity index (χ2v) is 5.97. The zero-order chi connectivity index (χ0) is 10.8. The van der Waals surface area contributed by atoms with E-state index in [0.717, 1.165) is 17.9 Å². The lowest BCUT2D eigenvalue weighted by Gasteiger charge is -2.46. The van der Waals surface area contributed by atoms with E-state index in [1.807, 2.05) is 0 Å². The average molecular weight is 219 g/mol. The molecular formula is C15H25N. The summed E-state index contributed by atoms with van der Waals surface area (Å²) in [6.45, 7) is 1.32. The van der Waals surface area contributed by atoms with Gasteiger partial charge in [0, 0.05) is 12.6 Å². The maximum atomic E-state index is 2.69. The largest absolute Gasteiger partial charge is 0.374 e. The Morgan fingerprint density at radius 2 is 1.75 bits per heavy atom. The molecule has 0 aromatic carbocycles. The molecule has 0 spiro atoms. The molecular weight excluding hydrogens is 194 g/mol. The van der Waals surface area contributed by atoms with Gasteiger partial charge < -0.3 is 4.90 Å². The molecule has 0 N–H and O–H groups in total. The van der Waals surface area contributed by atoms with Crippen LogP contribution < -0.4 is 0 Å². The van der Waals surface area contributed by atoms with E-state index in [9.17, 15) is 0 Å². The molecule has 1 heteroatoms. The van der Waals surface area contributed by atoms with Crippen molar-refractivity contribution in [3.63, 3.8) is 0 Å². The van der Waals surface area contributed by atoms with Crippen LogP contribution in [-0.4, -0.2) is 17.5 Å². The molecule has 0 amide bonds. The number of hydrogen-bond acceptors (Lipinski definition) is 1. The Hall–Kier alpha value is -0.460. The first-order chi connectivity index (χ1) is 7.95. The summed E-state index contributed by atoms with van der Waals surface area (Å²) in [5, 5.41) is 0. The summed E-state index contributed by atoms with van der Waals surface area (Å²) >= 11 is 0. The second kappa shape index (κ2) is 4.81. The summed E-state index contributed by atoms with van der Waals surface area (Å²) in [6, 6.07) is 0.899. The van der Waals surface area contributed by atoms with Crippen LogP contribution in [0.2, 0.25) is 0 Å². The predicted octanol–water partition coefficient (Wildman–Crippen LogP) is 3.95. The molecule has 2 aliphatic carbocycles. The van der Waals surface area contributed by atoms with Crippen LogP contribution >= 0.6 is 0 Å². The van der Waals surface area contributed by atoms with Crippen LogP contribution in [0.25, 0.3) is 0 Å². The first-order valence-corrected chi connectivity index (χ1v) is 7.37. The normalized spacial score (nSPS) is 39.5. The van der Waals surface area contributed by atoms with E-state index in [-0.39, 0.29) is 0 Å². The van der Waals surface area contributed by atoms with Crippen molar-refractivity contribution in [2.75, 3.05) is 6.54 Å². The van der Waals surface area contributed by atoms with Crippen molar-refractivity contribution < 1.29 is 0 Å². The highest BCUT2D eigenvalue weighted by molar-refractivity contribution is 4.97. The highest BCUT2D eigenvalue weighted by Gasteiger charge is 2.36. The van der Waals surface area contributed by atoms with Crippen molar-refractivity contribution >= 4 is 0 Å². The molecule has 3 atom stereocenters. The second-order valence-electron chi connectivity index (χ2n) is 5.97. The molecule has 0 aromatic rings. The minimum atomic E-state index is 0.899. The number of rotatable bonds is 1. The molecule has 2 saturated carbocycles. The SMILES string of the molecule is C1=CN(C2CCCC3CCCCC32)CCC1. The molecule has 0 bridgehead atoms. The Balaban J connectivity index is 1.72. The summed E-state index contributed by atoms with van der Waals surface area (Å²) in [7, 11) is 0. The fourth-order valence-electron chi connectivity index (χ4n) is 4.27. The Labute approximate surface area is 99.9 Å². The van der Waals surface area contributed by atoms with Gasteiger partial charge in [0.05, 0.1) is 0 Å². The zero-order valence-electron chi connectivity index (χ0n) is 10.4. The molecule has 1 heterocycles. The standard InChI is InChI=1S/C15H25N/c1-4-11-16(12-5-1)15-10-6-8-13-7-2-3-9-14(13)15/h4,11,13-15H,1-3,5-10,12H2. The molecule has 0 radical (unpaired) electrons. The fraction of sp³-hybridized carbons (Fsp3) is 0.867. The van der Waals surface area contributed by atoms with Crippen LogP contribution in [0.3, 0.4) is 0 Å². The number of fused-ring (bicyclic) bond motifs is 1. The monoisotopic (exact) mass is 219 g/mol. The van der Waals surface area contributed by atoms with Gasteiger partial charge in [-0.25, -0.2) is 0 Å². The van der Waals surface area contributed by atoms with Gasteiger partial charge in [0.25, 0.3) is 0 Å². The van der Waals surface area contributed by atoms with Crippen molar-refractivity contribution in [1.29, 1.82) is 0 Å². The molecule has 2 fully saturated rings. The molecule has 3 aliphatic rings. The molecule has 3 rings (SSSR count). The summed E-state index contributed by atoms with van der Waals surface area (Å²) in [4.78, 5) is 2.69. The van der Waals surface area contributed by atoms with E-state index in [0.29, 0.717) is 0 Å². The molecule has 90 valence electrons. The predicted molar refractivity (Wildman–Crippen MR) is 68.2 cm³/mol. The van der Waals surface area contributed by atoms with Crippen molar-refractivity contribution in [2.45, 2.75) is 63.8 Å². The lowest BCUT2D eigenvalue weighted by Crippen LogP contribution is -2.45. The van der Waals surface area contributed by atoms with E-state index in [1.54, 1.807) is 0 Å². The summed E-state index contributed by atoms with van der Waals surface area (Å²) in [6.07, 6.45) is 18.0. The Bertz CT molecular complexity index is 256. The van der Waals surface area contributed by atoms with Crippen LogP contribution in [0.4, 0.5) is 0 Å². The number of hydrogen-bond donors (Lipinski definition) is 0. The highest BCUT2D eigenvalue weighted by Crippen LogP contribution is 2.42. The summed E-state index contributed by atoms with van der Waals surface area (Å²) in [5.74, 6) is 2.10. The van der Waals surface area contributed by atoms with Gasteiger partial charge in [-0.3, -0.25) is 0 Å². The lowest BCUT2D eigenvalue weighted by molar-refractivity contribution is 0.0643. The van der Waals surface area contributed by atoms with Crippen LogP contribution in [0, 0.1) is 11.8 Å². The van der Waals surface area contributed by atoms with Crippen molar-refractivity contribution in [3.05, 3.63) is 12.3 Å². The Morgan fingerprint density at radius 3 is 2.62 bits per heavy atom. The topological polar surface area (TPSA) is 3.24 Å². The molecule has 3 unspecified atom stereocenters. The van der Waals surface area contributed by atoms with Crippen LogP contribution in [0.15, 0.2) is 12.3 Å². The van der Waals surface area contributed by atoms with E-state index < -0.39 is 0 Å². The Morgan fingerprint density at radius 1 is 0.875 bits per heavy atom. The van der Waals surface area contributed by atoms with E-state index in [4.69, 9.17) is 0 Å². The van der Waals surface area contributed by atoms with Gasteiger partial charge in [-0.15, -0.1) is 0 Å². The van der Waals surface area contributed by atoms with Gasteiger partial charge in [0.1, 0.15) is 0 Å². The van der Waals surface area contributed by atoms with Gasteiger partial charge in [-0.1, -0.05) is 38.2 Å². The Kier molecular flexibility index (Phi) is 3.21. The van der Waals surface area contributed by atoms with Crippen LogP contribution in [0.1, 0.15) is 57.8 Å². The first-order valence-electron chi connectivity index (χ1n) is 7.37. The summed E-state index contributed by atoms with van der Waals surface area (Å²) < 4.78 is 0. The minimum Gasteiger partial charge on any atom is -0.374 e. The quantitative estimate of drug-likeness (QED) is 0.645. The van der Waals surface area contributed by atoms with E-state index in [2.05, 4.69) is 17.2 Å². The van der Waals surface area contributed by atoms with Crippen molar-refractivity contribution in [1.82, 2.24) is 4.90 Å². The molecule has 16 heavy (non-hydrogen) atoms.